The van der Waals surface area contributed by atoms with Crippen LogP contribution in [0.2, 0.25) is 0 Å². The van der Waals surface area contributed by atoms with Gasteiger partial charge in [0.25, 0.3) is 0 Å². The highest BCUT2D eigenvalue weighted by atomic mass is 16.6. The van der Waals surface area contributed by atoms with E-state index in [9.17, 15) is 0 Å². The maximum Gasteiger partial charge on any atom is 0.205 e. The predicted octanol–water partition coefficient (Wildman–Crippen LogP) is 3.18. The van der Waals surface area contributed by atoms with Gasteiger partial charge in [0, 0.05) is 25.7 Å². The number of hydrogen-bond donors (Lipinski definition) is 1. The molecule has 3 aromatic heterocycles. The molecule has 0 aliphatic carbocycles. The molecule has 9 nitrogen and oxygen atoms in total. The van der Waals surface area contributed by atoms with Crippen LogP contribution in [0, 0.1) is 0 Å². The van der Waals surface area contributed by atoms with E-state index in [1.165, 1.54) is 0 Å². The summed E-state index contributed by atoms with van der Waals surface area (Å²) in [7, 11) is 0. The first-order chi connectivity index (χ1) is 16.3. The third-order valence-electron chi connectivity index (χ3n) is 6.25. The maximum atomic E-state index is 6.14. The standard InChI is InChI=1S/C24H26N6O3/c1-2-6-22-21(5-1)32-15-19(33-22)13-29-9-7-17(8-10-29)27-24-28-20-12-25-16-26-23(20)30(24)14-18-4-3-11-31-18/h1-6,11-12,16-17,19H,7-10,13-15H2,(H,27,28). The second-order valence-corrected chi connectivity index (χ2v) is 8.55. The number of benzene rings is 1. The van der Waals surface area contributed by atoms with E-state index in [4.69, 9.17) is 18.9 Å². The average molecular weight is 447 g/mol. The molecule has 170 valence electrons. The summed E-state index contributed by atoms with van der Waals surface area (Å²) >= 11 is 0. The molecule has 5 heterocycles. The number of nitrogens with one attached hydrogen (secondary N) is 1. The second-order valence-electron chi connectivity index (χ2n) is 8.55. The van der Waals surface area contributed by atoms with Crippen LogP contribution >= 0.6 is 0 Å². The van der Waals surface area contributed by atoms with Gasteiger partial charge in [-0.2, -0.15) is 0 Å². The van der Waals surface area contributed by atoms with Crippen molar-refractivity contribution in [3.05, 3.63) is 60.9 Å². The summed E-state index contributed by atoms with van der Waals surface area (Å²) in [5.74, 6) is 3.34. The smallest absolute Gasteiger partial charge is 0.205 e. The number of ether oxygens (including phenoxy) is 2. The Morgan fingerprint density at radius 1 is 1.06 bits per heavy atom. The van der Waals surface area contributed by atoms with Gasteiger partial charge in [-0.25, -0.2) is 15.0 Å². The molecule has 33 heavy (non-hydrogen) atoms. The molecule has 4 aromatic rings. The van der Waals surface area contributed by atoms with Crippen LogP contribution in [0.15, 0.2) is 59.6 Å². The number of hydrogen-bond acceptors (Lipinski definition) is 8. The van der Waals surface area contributed by atoms with Crippen LogP contribution in [0.25, 0.3) is 11.2 Å². The number of nitrogens with zero attached hydrogens (tertiary/aromatic N) is 5. The summed E-state index contributed by atoms with van der Waals surface area (Å²) in [5.41, 5.74) is 1.58. The van der Waals surface area contributed by atoms with Crippen molar-refractivity contribution in [2.24, 2.45) is 0 Å². The number of likely N-dealkylation sites (tertiary alicyclic amines) is 1. The maximum absolute atomic E-state index is 6.14. The van der Waals surface area contributed by atoms with Gasteiger partial charge >= 0.3 is 0 Å². The lowest BCUT2D eigenvalue weighted by atomic mass is 10.0. The van der Waals surface area contributed by atoms with Crippen molar-refractivity contribution in [2.75, 3.05) is 31.6 Å². The largest absolute Gasteiger partial charge is 0.486 e. The SMILES string of the molecule is c1coc(Cn2c(NC3CCN(CC4COc5ccccc5O4)CC3)nc3cncnc32)c1. The zero-order valence-electron chi connectivity index (χ0n) is 18.3. The molecule has 0 saturated carbocycles. The summed E-state index contributed by atoms with van der Waals surface area (Å²) in [5, 5.41) is 3.65. The molecule has 6 rings (SSSR count). The minimum absolute atomic E-state index is 0.0560. The Labute approximate surface area is 191 Å². The lowest BCUT2D eigenvalue weighted by molar-refractivity contribution is 0.0522. The second kappa shape index (κ2) is 8.74. The predicted molar refractivity (Wildman–Crippen MR) is 123 cm³/mol. The van der Waals surface area contributed by atoms with E-state index < -0.39 is 0 Å². The normalized spacial score (nSPS) is 19.1. The number of aromatic nitrogens is 4. The number of anilines is 1. The van der Waals surface area contributed by atoms with Gasteiger partial charge in [0.2, 0.25) is 5.95 Å². The molecule has 0 radical (unpaired) electrons. The zero-order chi connectivity index (χ0) is 22.0. The Balaban J connectivity index is 1.09. The Kier molecular flexibility index (Phi) is 5.31. The Bertz CT molecular complexity index is 1220. The first kappa shape index (κ1) is 20.0. The number of imidazole rings is 1. The highest BCUT2D eigenvalue weighted by Crippen LogP contribution is 2.31. The van der Waals surface area contributed by atoms with Gasteiger partial charge in [-0.1, -0.05) is 12.1 Å². The third kappa shape index (κ3) is 4.23. The number of furan rings is 1. The van der Waals surface area contributed by atoms with Gasteiger partial charge in [0.15, 0.2) is 17.1 Å². The van der Waals surface area contributed by atoms with E-state index in [2.05, 4.69) is 24.8 Å². The van der Waals surface area contributed by atoms with Crippen LogP contribution in [-0.2, 0) is 6.54 Å². The Hall–Kier alpha value is -3.59. The molecule has 0 spiro atoms. The molecule has 0 bridgehead atoms. The zero-order valence-corrected chi connectivity index (χ0v) is 18.3. The quantitative estimate of drug-likeness (QED) is 0.483. The molecule has 2 aliphatic rings. The van der Waals surface area contributed by atoms with Crippen LogP contribution < -0.4 is 14.8 Å². The van der Waals surface area contributed by atoms with Crippen molar-refractivity contribution in [3.63, 3.8) is 0 Å². The molecule has 1 fully saturated rings. The summed E-state index contributed by atoms with van der Waals surface area (Å²) in [6.45, 7) is 4.03. The van der Waals surface area contributed by atoms with E-state index in [0.29, 0.717) is 19.2 Å². The number of rotatable bonds is 6. The van der Waals surface area contributed by atoms with Gasteiger partial charge in [-0.05, 0) is 37.1 Å². The first-order valence-corrected chi connectivity index (χ1v) is 11.4. The van der Waals surface area contributed by atoms with Crippen molar-refractivity contribution in [2.45, 2.75) is 31.5 Å². The molecule has 1 N–H and O–H groups in total. The van der Waals surface area contributed by atoms with E-state index in [-0.39, 0.29) is 6.10 Å². The minimum atomic E-state index is 0.0560. The Morgan fingerprint density at radius 3 is 2.79 bits per heavy atom. The molecule has 9 heteroatoms. The molecule has 1 unspecified atom stereocenters. The van der Waals surface area contributed by atoms with Gasteiger partial charge < -0.3 is 19.2 Å². The minimum Gasteiger partial charge on any atom is -0.486 e. The molecule has 2 aliphatic heterocycles. The van der Waals surface area contributed by atoms with E-state index in [1.54, 1.807) is 18.8 Å². The van der Waals surface area contributed by atoms with E-state index in [1.807, 2.05) is 36.4 Å². The summed E-state index contributed by atoms with van der Waals surface area (Å²) < 4.78 is 19.6. The highest BCUT2D eigenvalue weighted by molar-refractivity contribution is 5.73. The van der Waals surface area contributed by atoms with Crippen LogP contribution in [-0.4, -0.2) is 62.8 Å². The highest BCUT2D eigenvalue weighted by Gasteiger charge is 2.27. The fourth-order valence-electron chi connectivity index (χ4n) is 4.58. The van der Waals surface area contributed by atoms with Gasteiger partial charge in [-0.15, -0.1) is 0 Å². The van der Waals surface area contributed by atoms with Crippen molar-refractivity contribution in [1.82, 2.24) is 24.4 Å². The topological polar surface area (TPSA) is 90.5 Å². The average Bonchev–Trinajstić information content (AvgIpc) is 3.49. The van der Waals surface area contributed by atoms with Crippen LogP contribution in [0.5, 0.6) is 11.5 Å². The third-order valence-corrected chi connectivity index (χ3v) is 6.25. The monoisotopic (exact) mass is 446 g/mol. The fraction of sp³-hybridized carbons (Fsp3) is 0.375. The number of fused-ring (bicyclic) bond motifs is 2. The van der Waals surface area contributed by atoms with Crippen molar-refractivity contribution in [3.8, 4) is 11.5 Å². The van der Waals surface area contributed by atoms with Crippen molar-refractivity contribution in [1.29, 1.82) is 0 Å². The summed E-state index contributed by atoms with van der Waals surface area (Å²) in [4.78, 5) is 15.8. The Morgan fingerprint density at radius 2 is 1.94 bits per heavy atom. The van der Waals surface area contributed by atoms with Crippen molar-refractivity contribution < 1.29 is 13.9 Å². The van der Waals surface area contributed by atoms with Crippen molar-refractivity contribution >= 4 is 17.1 Å². The molecular weight excluding hydrogens is 420 g/mol. The van der Waals surface area contributed by atoms with Crippen LogP contribution in [0.1, 0.15) is 18.6 Å². The van der Waals surface area contributed by atoms with Crippen LogP contribution in [0.4, 0.5) is 5.95 Å². The van der Waals surface area contributed by atoms with Gasteiger partial charge in [0.1, 0.15) is 30.3 Å². The first-order valence-electron chi connectivity index (χ1n) is 11.4. The lowest BCUT2D eigenvalue weighted by Gasteiger charge is -2.36. The van der Waals surface area contributed by atoms with E-state index in [0.717, 1.165) is 66.8 Å². The number of para-hydroxylation sites is 2. The summed E-state index contributed by atoms with van der Waals surface area (Å²) in [6, 6.07) is 12.1. The van der Waals surface area contributed by atoms with Gasteiger partial charge in [-0.3, -0.25) is 9.47 Å². The van der Waals surface area contributed by atoms with Crippen LogP contribution in [0.3, 0.4) is 0 Å². The molecule has 1 saturated heterocycles. The summed E-state index contributed by atoms with van der Waals surface area (Å²) in [6.07, 6.45) is 7.10. The fourth-order valence-corrected chi connectivity index (χ4v) is 4.58. The number of piperidine rings is 1. The molecular formula is C24H26N6O3. The van der Waals surface area contributed by atoms with Gasteiger partial charge in [0.05, 0.1) is 19.0 Å². The molecule has 0 amide bonds. The van der Waals surface area contributed by atoms with E-state index >= 15 is 0 Å². The molecule has 1 aromatic carbocycles. The lowest BCUT2D eigenvalue weighted by Crippen LogP contribution is -2.46. The molecule has 1 atom stereocenters.